The number of carbonyl (C=O) groups is 1. The number of fused-ring (bicyclic) bond motifs is 1. The van der Waals surface area contributed by atoms with E-state index >= 15 is 0 Å². The van der Waals surface area contributed by atoms with Crippen LogP contribution in [0.1, 0.15) is 17.3 Å². The van der Waals surface area contributed by atoms with Crippen molar-refractivity contribution in [3.63, 3.8) is 0 Å². The highest BCUT2D eigenvalue weighted by molar-refractivity contribution is 7.18. The van der Waals surface area contributed by atoms with E-state index < -0.39 is 5.97 Å². The standard InChI is InChI=1S/C12H12ClN3O3S/c1-6-4-19-3-2-16(6)10-9-8(14-12(13)15-10)7(5-20-9)11(17)18/h5-6H,2-4H2,1H3,(H,17,18)/t6-/m1/s1. The van der Waals surface area contributed by atoms with Gasteiger partial charge in [-0.2, -0.15) is 4.98 Å². The van der Waals surface area contributed by atoms with Crippen molar-refractivity contribution < 1.29 is 14.6 Å². The Morgan fingerprint density at radius 2 is 2.40 bits per heavy atom. The fourth-order valence-corrected chi connectivity index (χ4v) is 3.41. The first-order chi connectivity index (χ1) is 9.58. The summed E-state index contributed by atoms with van der Waals surface area (Å²) in [4.78, 5) is 21.6. The van der Waals surface area contributed by atoms with Crippen LogP contribution >= 0.6 is 22.9 Å². The van der Waals surface area contributed by atoms with Crippen molar-refractivity contribution >= 4 is 44.9 Å². The molecule has 0 spiro atoms. The van der Waals surface area contributed by atoms with E-state index in [1.165, 1.54) is 11.3 Å². The number of rotatable bonds is 2. The number of nitrogens with zero attached hydrogens (tertiary/aromatic N) is 3. The fourth-order valence-electron chi connectivity index (χ4n) is 2.26. The first-order valence-electron chi connectivity index (χ1n) is 6.10. The van der Waals surface area contributed by atoms with Crippen LogP contribution in [0.3, 0.4) is 0 Å². The molecular formula is C12H12ClN3O3S. The molecule has 0 saturated carbocycles. The van der Waals surface area contributed by atoms with Gasteiger partial charge in [-0.3, -0.25) is 0 Å². The molecule has 3 heterocycles. The van der Waals surface area contributed by atoms with Gasteiger partial charge in [0, 0.05) is 11.9 Å². The predicted molar refractivity (Wildman–Crippen MR) is 77.0 cm³/mol. The summed E-state index contributed by atoms with van der Waals surface area (Å²) in [5.74, 6) is -0.319. The molecule has 1 N–H and O–H groups in total. The number of morpholine rings is 1. The maximum atomic E-state index is 11.2. The van der Waals surface area contributed by atoms with Crippen molar-refractivity contribution in [1.82, 2.24) is 9.97 Å². The van der Waals surface area contributed by atoms with E-state index in [1.807, 2.05) is 6.92 Å². The summed E-state index contributed by atoms with van der Waals surface area (Å²) in [5.41, 5.74) is 0.563. The van der Waals surface area contributed by atoms with E-state index in [9.17, 15) is 9.90 Å². The molecule has 2 aromatic rings. The molecule has 1 saturated heterocycles. The van der Waals surface area contributed by atoms with E-state index in [4.69, 9.17) is 16.3 Å². The number of anilines is 1. The summed E-state index contributed by atoms with van der Waals surface area (Å²) in [5, 5.41) is 10.8. The summed E-state index contributed by atoms with van der Waals surface area (Å²) in [6.07, 6.45) is 0. The first-order valence-corrected chi connectivity index (χ1v) is 7.36. The summed E-state index contributed by atoms with van der Waals surface area (Å²) < 4.78 is 6.16. The Bertz CT molecular complexity index is 675. The van der Waals surface area contributed by atoms with E-state index in [0.717, 1.165) is 4.70 Å². The Labute approximate surface area is 124 Å². The molecule has 6 nitrogen and oxygen atoms in total. The van der Waals surface area contributed by atoms with Crippen molar-refractivity contribution in [3.8, 4) is 0 Å². The van der Waals surface area contributed by atoms with Gasteiger partial charge in [-0.1, -0.05) is 0 Å². The largest absolute Gasteiger partial charge is 0.478 e. The molecule has 1 aliphatic rings. The normalized spacial score (nSPS) is 19.5. The van der Waals surface area contributed by atoms with Crippen molar-refractivity contribution in [3.05, 3.63) is 16.2 Å². The van der Waals surface area contributed by atoms with E-state index in [2.05, 4.69) is 14.9 Å². The predicted octanol–water partition coefficient (Wildman–Crippen LogP) is 2.27. The number of thiophene rings is 1. The Morgan fingerprint density at radius 3 is 3.10 bits per heavy atom. The number of halogens is 1. The van der Waals surface area contributed by atoms with E-state index in [-0.39, 0.29) is 16.9 Å². The molecule has 2 aromatic heterocycles. The lowest BCUT2D eigenvalue weighted by Crippen LogP contribution is -2.44. The third kappa shape index (κ3) is 2.21. The van der Waals surface area contributed by atoms with Gasteiger partial charge >= 0.3 is 5.97 Å². The molecule has 0 unspecified atom stereocenters. The van der Waals surface area contributed by atoms with Gasteiger partial charge < -0.3 is 14.7 Å². The van der Waals surface area contributed by atoms with Crippen LogP contribution in [0.4, 0.5) is 5.82 Å². The van der Waals surface area contributed by atoms with Gasteiger partial charge in [-0.05, 0) is 18.5 Å². The molecule has 106 valence electrons. The zero-order valence-electron chi connectivity index (χ0n) is 10.7. The van der Waals surface area contributed by atoms with Gasteiger partial charge in [-0.15, -0.1) is 11.3 Å². The Hall–Kier alpha value is -1.44. The van der Waals surface area contributed by atoms with E-state index in [1.54, 1.807) is 5.38 Å². The van der Waals surface area contributed by atoms with Crippen LogP contribution < -0.4 is 4.90 Å². The molecule has 0 amide bonds. The average molecular weight is 314 g/mol. The molecule has 0 aliphatic carbocycles. The molecule has 1 fully saturated rings. The number of hydrogen-bond acceptors (Lipinski definition) is 6. The van der Waals surface area contributed by atoms with Crippen LogP contribution in [-0.2, 0) is 4.74 Å². The quantitative estimate of drug-likeness (QED) is 0.857. The van der Waals surface area contributed by atoms with E-state index in [0.29, 0.717) is 31.1 Å². The Balaban J connectivity index is 2.17. The number of aromatic nitrogens is 2. The maximum absolute atomic E-state index is 11.2. The van der Waals surface area contributed by atoms with Crippen molar-refractivity contribution in [2.75, 3.05) is 24.7 Å². The fraction of sp³-hybridized carbons (Fsp3) is 0.417. The van der Waals surface area contributed by atoms with Crippen LogP contribution in [0, 0.1) is 0 Å². The summed E-state index contributed by atoms with van der Waals surface area (Å²) in [6.45, 7) is 3.96. The van der Waals surface area contributed by atoms with Gasteiger partial charge in [0.1, 0.15) is 5.52 Å². The van der Waals surface area contributed by atoms with Crippen molar-refractivity contribution in [1.29, 1.82) is 0 Å². The molecule has 1 aliphatic heterocycles. The molecule has 3 rings (SSSR count). The third-order valence-corrected chi connectivity index (χ3v) is 4.37. The highest BCUT2D eigenvalue weighted by Gasteiger charge is 2.25. The second kappa shape index (κ2) is 5.16. The lowest BCUT2D eigenvalue weighted by Gasteiger charge is -2.34. The van der Waals surface area contributed by atoms with Crippen LogP contribution in [0.15, 0.2) is 5.38 Å². The lowest BCUT2D eigenvalue weighted by molar-refractivity contribution is 0.0699. The van der Waals surface area contributed by atoms with Crippen molar-refractivity contribution in [2.24, 2.45) is 0 Å². The van der Waals surface area contributed by atoms with Gasteiger partial charge in [0.05, 0.1) is 29.5 Å². The van der Waals surface area contributed by atoms with Crippen molar-refractivity contribution in [2.45, 2.75) is 13.0 Å². The molecule has 8 heteroatoms. The molecule has 0 bridgehead atoms. The van der Waals surface area contributed by atoms with Crippen LogP contribution in [0.5, 0.6) is 0 Å². The number of carboxylic acid groups (broad SMARTS) is 1. The minimum Gasteiger partial charge on any atom is -0.478 e. The Morgan fingerprint density at radius 1 is 1.60 bits per heavy atom. The summed E-state index contributed by atoms with van der Waals surface area (Å²) in [6, 6.07) is 0.160. The van der Waals surface area contributed by atoms with Gasteiger partial charge in [-0.25, -0.2) is 9.78 Å². The highest BCUT2D eigenvalue weighted by atomic mass is 35.5. The molecule has 1 atom stereocenters. The Kier molecular flexibility index (Phi) is 3.49. The number of aromatic carboxylic acids is 1. The number of ether oxygens (including phenoxy) is 1. The van der Waals surface area contributed by atoms with Crippen LogP contribution in [0.25, 0.3) is 10.2 Å². The third-order valence-electron chi connectivity index (χ3n) is 3.24. The summed E-state index contributed by atoms with van der Waals surface area (Å²) >= 11 is 7.28. The van der Waals surface area contributed by atoms with Gasteiger partial charge in [0.25, 0.3) is 0 Å². The topological polar surface area (TPSA) is 75.5 Å². The molecule has 0 aromatic carbocycles. The number of hydrogen-bond donors (Lipinski definition) is 1. The monoisotopic (exact) mass is 313 g/mol. The zero-order chi connectivity index (χ0) is 14.3. The second-order valence-corrected chi connectivity index (χ2v) is 5.78. The van der Waals surface area contributed by atoms with Crippen LogP contribution in [0.2, 0.25) is 5.28 Å². The molecular weight excluding hydrogens is 302 g/mol. The zero-order valence-corrected chi connectivity index (χ0v) is 12.2. The smallest absolute Gasteiger partial charge is 0.338 e. The maximum Gasteiger partial charge on any atom is 0.338 e. The minimum atomic E-state index is -1.01. The molecule has 20 heavy (non-hydrogen) atoms. The first kappa shape index (κ1) is 13.5. The SMILES string of the molecule is C[C@@H]1COCCN1c1nc(Cl)nc2c(C(=O)O)csc12. The average Bonchev–Trinajstić information content (AvgIpc) is 2.82. The lowest BCUT2D eigenvalue weighted by atomic mass is 10.2. The van der Waals surface area contributed by atoms with Crippen LogP contribution in [-0.4, -0.2) is 46.8 Å². The minimum absolute atomic E-state index is 0.0621. The highest BCUT2D eigenvalue weighted by Crippen LogP contribution is 2.34. The van der Waals surface area contributed by atoms with Gasteiger partial charge in [0.2, 0.25) is 5.28 Å². The summed E-state index contributed by atoms with van der Waals surface area (Å²) in [7, 11) is 0. The number of carboxylic acids is 1. The van der Waals surface area contributed by atoms with Gasteiger partial charge in [0.15, 0.2) is 5.82 Å². The second-order valence-electron chi connectivity index (χ2n) is 4.57. The molecule has 0 radical (unpaired) electrons.